The van der Waals surface area contributed by atoms with Gasteiger partial charge in [0.05, 0.1) is 6.54 Å². The van der Waals surface area contributed by atoms with Crippen molar-refractivity contribution in [3.63, 3.8) is 0 Å². The molecule has 1 atom stereocenters. The third-order valence-electron chi connectivity index (χ3n) is 1.85. The van der Waals surface area contributed by atoms with Crippen LogP contribution < -0.4 is 11.1 Å². The fourth-order valence-electron chi connectivity index (χ4n) is 1.07. The second kappa shape index (κ2) is 5.27. The van der Waals surface area contributed by atoms with Gasteiger partial charge in [-0.2, -0.15) is 0 Å². The highest BCUT2D eigenvalue weighted by atomic mass is 35.5. The fraction of sp³-hybridized carbons (Fsp3) is 0.556. The lowest BCUT2D eigenvalue weighted by Crippen LogP contribution is -2.27. The van der Waals surface area contributed by atoms with E-state index in [-0.39, 0.29) is 0 Å². The Labute approximate surface area is 83.2 Å². The van der Waals surface area contributed by atoms with Gasteiger partial charge in [-0.15, -0.1) is 0 Å². The van der Waals surface area contributed by atoms with Gasteiger partial charge >= 0.3 is 0 Å². The lowest BCUT2D eigenvalue weighted by atomic mass is 10.2. The van der Waals surface area contributed by atoms with Crippen molar-refractivity contribution in [1.29, 1.82) is 0 Å². The first-order valence-electron chi connectivity index (χ1n) is 4.40. The number of halogens is 1. The van der Waals surface area contributed by atoms with E-state index in [0.717, 1.165) is 12.2 Å². The second-order valence-electron chi connectivity index (χ2n) is 3.07. The van der Waals surface area contributed by atoms with Gasteiger partial charge in [-0.1, -0.05) is 0 Å². The summed E-state index contributed by atoms with van der Waals surface area (Å²) in [6, 6.07) is 4.02. The summed E-state index contributed by atoms with van der Waals surface area (Å²) in [6.07, 6.45) is 0.967. The monoisotopic (exact) mass is 202 g/mol. The third kappa shape index (κ3) is 3.81. The molecule has 0 saturated heterocycles. The zero-order chi connectivity index (χ0) is 9.68. The van der Waals surface area contributed by atoms with Gasteiger partial charge in [-0.3, -0.25) is 0 Å². The molecule has 13 heavy (non-hydrogen) atoms. The summed E-state index contributed by atoms with van der Waals surface area (Å²) in [5.41, 5.74) is 5.42. The molecule has 0 saturated carbocycles. The number of rotatable bonds is 5. The molecule has 0 fully saturated rings. The zero-order valence-corrected chi connectivity index (χ0v) is 8.47. The summed E-state index contributed by atoms with van der Waals surface area (Å²) in [7, 11) is 0. The maximum absolute atomic E-state index is 5.62. The Kier molecular flexibility index (Phi) is 4.28. The Hall–Kier alpha value is -0.510. The van der Waals surface area contributed by atoms with Crippen molar-refractivity contribution >= 4 is 11.6 Å². The molecule has 0 aliphatic rings. The third-order valence-corrected chi connectivity index (χ3v) is 2.06. The Morgan fingerprint density at radius 2 is 2.38 bits per heavy atom. The van der Waals surface area contributed by atoms with Crippen molar-refractivity contribution in [1.82, 2.24) is 5.32 Å². The molecule has 0 aromatic carbocycles. The Balaban J connectivity index is 2.26. The van der Waals surface area contributed by atoms with E-state index in [1.807, 2.05) is 6.07 Å². The topological polar surface area (TPSA) is 51.2 Å². The Bertz CT molecular complexity index is 250. The maximum atomic E-state index is 5.62. The minimum absolute atomic E-state index is 0.411. The maximum Gasteiger partial charge on any atom is 0.193 e. The van der Waals surface area contributed by atoms with Crippen LogP contribution in [0.3, 0.4) is 0 Å². The second-order valence-corrected chi connectivity index (χ2v) is 3.44. The van der Waals surface area contributed by atoms with Crippen molar-refractivity contribution < 1.29 is 4.42 Å². The number of hydrogen-bond donors (Lipinski definition) is 2. The molecule has 4 heteroatoms. The fourth-order valence-corrected chi connectivity index (χ4v) is 1.24. The molecule has 1 heterocycles. The Morgan fingerprint density at radius 1 is 1.62 bits per heavy atom. The molecule has 0 bridgehead atoms. The summed E-state index contributed by atoms with van der Waals surface area (Å²) < 4.78 is 5.18. The van der Waals surface area contributed by atoms with Crippen LogP contribution in [-0.2, 0) is 6.54 Å². The van der Waals surface area contributed by atoms with E-state index in [1.165, 1.54) is 0 Å². The van der Waals surface area contributed by atoms with E-state index < -0.39 is 0 Å². The molecule has 1 aromatic rings. The van der Waals surface area contributed by atoms with E-state index >= 15 is 0 Å². The molecular formula is C9H15ClN2O. The van der Waals surface area contributed by atoms with Gasteiger partial charge in [-0.05, 0) is 43.6 Å². The average molecular weight is 203 g/mol. The van der Waals surface area contributed by atoms with Crippen molar-refractivity contribution in [2.24, 2.45) is 5.73 Å². The highest BCUT2D eigenvalue weighted by Gasteiger charge is 2.02. The van der Waals surface area contributed by atoms with Crippen LogP contribution in [0.2, 0.25) is 5.22 Å². The molecule has 0 radical (unpaired) electrons. The van der Waals surface area contributed by atoms with Gasteiger partial charge in [0.1, 0.15) is 5.76 Å². The average Bonchev–Trinajstić information content (AvgIpc) is 2.49. The van der Waals surface area contributed by atoms with E-state index in [9.17, 15) is 0 Å². The first-order valence-corrected chi connectivity index (χ1v) is 4.78. The van der Waals surface area contributed by atoms with Gasteiger partial charge in [0.25, 0.3) is 0 Å². The standard InChI is InChI=1S/C9H15ClN2O/c1-7(4-5-11)12-6-8-2-3-9(10)13-8/h2-3,7,12H,4-6,11H2,1H3. The molecule has 0 aliphatic carbocycles. The van der Waals surface area contributed by atoms with E-state index in [0.29, 0.717) is 24.4 Å². The Morgan fingerprint density at radius 3 is 2.92 bits per heavy atom. The van der Waals surface area contributed by atoms with Crippen LogP contribution in [0.4, 0.5) is 0 Å². The van der Waals surface area contributed by atoms with E-state index in [1.54, 1.807) is 6.07 Å². The molecule has 1 rings (SSSR count). The van der Waals surface area contributed by atoms with Crippen molar-refractivity contribution in [2.45, 2.75) is 25.9 Å². The van der Waals surface area contributed by atoms with Crippen LogP contribution in [0, 0.1) is 0 Å². The smallest absolute Gasteiger partial charge is 0.193 e. The number of furan rings is 1. The van der Waals surface area contributed by atoms with Crippen molar-refractivity contribution in [3.8, 4) is 0 Å². The largest absolute Gasteiger partial charge is 0.448 e. The van der Waals surface area contributed by atoms with Crippen molar-refractivity contribution in [3.05, 3.63) is 23.1 Å². The number of nitrogens with two attached hydrogens (primary N) is 1. The van der Waals surface area contributed by atoms with Gasteiger partial charge in [-0.25, -0.2) is 0 Å². The normalized spacial score (nSPS) is 13.2. The zero-order valence-electron chi connectivity index (χ0n) is 7.72. The lowest BCUT2D eigenvalue weighted by Gasteiger charge is -2.10. The summed E-state index contributed by atoms with van der Waals surface area (Å²) in [4.78, 5) is 0. The van der Waals surface area contributed by atoms with Gasteiger partial charge in [0.2, 0.25) is 0 Å². The van der Waals surface area contributed by atoms with Crippen molar-refractivity contribution in [2.75, 3.05) is 6.54 Å². The van der Waals surface area contributed by atoms with Crippen LogP contribution in [0.1, 0.15) is 19.1 Å². The minimum Gasteiger partial charge on any atom is -0.448 e. The summed E-state index contributed by atoms with van der Waals surface area (Å²) in [6.45, 7) is 3.50. The van der Waals surface area contributed by atoms with Crippen LogP contribution in [0.15, 0.2) is 16.5 Å². The van der Waals surface area contributed by atoms with Gasteiger partial charge in [0, 0.05) is 6.04 Å². The quantitative estimate of drug-likeness (QED) is 0.765. The first-order chi connectivity index (χ1) is 6.22. The van der Waals surface area contributed by atoms with Crippen LogP contribution in [0.5, 0.6) is 0 Å². The summed E-state index contributed by atoms with van der Waals surface area (Å²) >= 11 is 5.62. The predicted molar refractivity (Wildman–Crippen MR) is 53.7 cm³/mol. The van der Waals surface area contributed by atoms with Crippen LogP contribution in [-0.4, -0.2) is 12.6 Å². The number of hydrogen-bond acceptors (Lipinski definition) is 3. The summed E-state index contributed by atoms with van der Waals surface area (Å²) in [5.74, 6) is 0.855. The molecule has 3 N–H and O–H groups in total. The van der Waals surface area contributed by atoms with Gasteiger partial charge in [0.15, 0.2) is 5.22 Å². The van der Waals surface area contributed by atoms with E-state index in [2.05, 4.69) is 12.2 Å². The summed E-state index contributed by atoms with van der Waals surface area (Å²) in [5, 5.41) is 3.71. The minimum atomic E-state index is 0.411. The number of nitrogens with one attached hydrogen (secondary N) is 1. The molecule has 1 unspecified atom stereocenters. The van der Waals surface area contributed by atoms with Crippen LogP contribution >= 0.6 is 11.6 Å². The molecule has 0 aliphatic heterocycles. The molecule has 0 amide bonds. The molecular weight excluding hydrogens is 188 g/mol. The highest BCUT2D eigenvalue weighted by Crippen LogP contribution is 2.12. The molecule has 3 nitrogen and oxygen atoms in total. The van der Waals surface area contributed by atoms with Gasteiger partial charge < -0.3 is 15.5 Å². The molecule has 0 spiro atoms. The molecule has 74 valence electrons. The van der Waals surface area contributed by atoms with Crippen LogP contribution in [0.25, 0.3) is 0 Å². The lowest BCUT2D eigenvalue weighted by molar-refractivity contribution is 0.447. The van der Waals surface area contributed by atoms with E-state index in [4.69, 9.17) is 21.8 Å². The highest BCUT2D eigenvalue weighted by molar-refractivity contribution is 6.28. The molecule has 1 aromatic heterocycles. The predicted octanol–water partition coefficient (Wildman–Crippen LogP) is 1.76. The first kappa shape index (κ1) is 10.6. The SMILES string of the molecule is CC(CCN)NCc1ccc(Cl)o1.